The van der Waals surface area contributed by atoms with Gasteiger partial charge in [0.25, 0.3) is 5.91 Å². The third kappa shape index (κ3) is 3.27. The van der Waals surface area contributed by atoms with E-state index in [1.54, 1.807) is 13.2 Å². The summed E-state index contributed by atoms with van der Waals surface area (Å²) in [5.74, 6) is 1.05. The van der Waals surface area contributed by atoms with Crippen molar-refractivity contribution in [3.8, 4) is 5.75 Å². The second-order valence-corrected chi connectivity index (χ2v) is 8.13. The van der Waals surface area contributed by atoms with E-state index < -0.39 is 0 Å². The molecule has 0 aliphatic carbocycles. The molecule has 1 aromatic rings. The van der Waals surface area contributed by atoms with Crippen LogP contribution in [0.4, 0.5) is 0 Å². The van der Waals surface area contributed by atoms with Gasteiger partial charge in [0, 0.05) is 18.8 Å². The number of carbonyl (C=O) groups is 1. The molecule has 1 aromatic carbocycles. The number of aryl methyl sites for hydroxylation is 1. The normalized spacial score (nSPS) is 23.3. The minimum absolute atomic E-state index is 0.0587. The van der Waals surface area contributed by atoms with Gasteiger partial charge in [-0.25, -0.2) is 0 Å². The maximum Gasteiger partial charge on any atom is 0.252 e. The molecule has 1 amide bonds. The summed E-state index contributed by atoms with van der Waals surface area (Å²) in [6, 6.07) is 6.12. The van der Waals surface area contributed by atoms with Crippen LogP contribution in [0.2, 0.25) is 0 Å². The monoisotopic (exact) mass is 366 g/mol. The van der Waals surface area contributed by atoms with E-state index in [4.69, 9.17) is 4.74 Å². The quantitative estimate of drug-likeness (QED) is 0.832. The Morgan fingerprint density at radius 3 is 2.96 bits per heavy atom. The Morgan fingerprint density at radius 2 is 2.23 bits per heavy atom. The molecular formula is C21H23N2O2P. The van der Waals surface area contributed by atoms with Gasteiger partial charge in [-0.3, -0.25) is 4.79 Å². The number of fused-ring (bicyclic) bond motifs is 1. The molecule has 0 bridgehead atoms. The number of carbonyl (C=O) groups excluding carboxylic acids is 1. The van der Waals surface area contributed by atoms with Crippen LogP contribution in [0.5, 0.6) is 5.75 Å². The molecule has 4 rings (SSSR count). The molecule has 0 aromatic heterocycles. The molecule has 2 unspecified atom stereocenters. The molecule has 0 spiro atoms. The minimum atomic E-state index is 0.0587. The zero-order valence-corrected chi connectivity index (χ0v) is 16.1. The van der Waals surface area contributed by atoms with Crippen LogP contribution in [0, 0.1) is 6.92 Å². The summed E-state index contributed by atoms with van der Waals surface area (Å²) in [7, 11) is 2.22. The molecule has 0 radical (unpaired) electrons. The maximum absolute atomic E-state index is 12.8. The van der Waals surface area contributed by atoms with E-state index in [9.17, 15) is 4.79 Å². The van der Waals surface area contributed by atoms with Crippen LogP contribution >= 0.6 is 8.58 Å². The van der Waals surface area contributed by atoms with Crippen LogP contribution in [-0.4, -0.2) is 36.8 Å². The SMILES string of the molecule is COc1ccc(C2=CC(=O)N3C=C(C4=CCCNC4)C=CC3P2)cc1C. The van der Waals surface area contributed by atoms with Gasteiger partial charge in [0.2, 0.25) is 0 Å². The molecule has 134 valence electrons. The standard InChI is InChI=1S/C21H23N2O2P/c1-14-10-15(5-7-18(14)25-2)19-11-20(24)23-13-17(6-8-21(23)26-19)16-4-3-9-22-12-16/h4-8,10-11,13,21-22,26H,3,9,12H2,1-2H3. The molecule has 3 aliphatic heterocycles. The number of nitrogens with zero attached hydrogens (tertiary/aromatic N) is 1. The van der Waals surface area contributed by atoms with Gasteiger partial charge < -0.3 is 15.0 Å². The van der Waals surface area contributed by atoms with Crippen LogP contribution in [-0.2, 0) is 4.79 Å². The van der Waals surface area contributed by atoms with E-state index >= 15 is 0 Å². The number of rotatable bonds is 3. The van der Waals surface area contributed by atoms with E-state index in [2.05, 4.69) is 29.6 Å². The van der Waals surface area contributed by atoms with Crippen LogP contribution < -0.4 is 10.1 Å². The maximum atomic E-state index is 12.8. The number of nitrogens with one attached hydrogen (secondary N) is 1. The predicted octanol–water partition coefficient (Wildman–Crippen LogP) is 3.56. The van der Waals surface area contributed by atoms with Crippen LogP contribution in [0.1, 0.15) is 17.5 Å². The Morgan fingerprint density at radius 1 is 1.35 bits per heavy atom. The lowest BCUT2D eigenvalue weighted by Crippen LogP contribution is -2.36. The Balaban J connectivity index is 1.60. The summed E-state index contributed by atoms with van der Waals surface area (Å²) in [4.78, 5) is 14.6. The largest absolute Gasteiger partial charge is 0.496 e. The van der Waals surface area contributed by atoms with Crippen molar-refractivity contribution in [2.24, 2.45) is 0 Å². The van der Waals surface area contributed by atoms with Crippen molar-refractivity contribution >= 4 is 19.8 Å². The molecule has 4 nitrogen and oxygen atoms in total. The van der Waals surface area contributed by atoms with Crippen LogP contribution in [0.25, 0.3) is 5.31 Å². The van der Waals surface area contributed by atoms with Gasteiger partial charge in [-0.2, -0.15) is 0 Å². The first kappa shape index (κ1) is 17.3. The highest BCUT2D eigenvalue weighted by molar-refractivity contribution is 7.51. The van der Waals surface area contributed by atoms with Crippen molar-refractivity contribution in [3.63, 3.8) is 0 Å². The Kier molecular flexibility index (Phi) is 4.80. The number of methoxy groups -OCH3 is 1. The van der Waals surface area contributed by atoms with Gasteiger partial charge in [0.15, 0.2) is 0 Å². The third-order valence-electron chi connectivity index (χ3n) is 4.97. The first-order chi connectivity index (χ1) is 12.7. The van der Waals surface area contributed by atoms with Gasteiger partial charge in [0.05, 0.1) is 12.9 Å². The van der Waals surface area contributed by atoms with E-state index in [-0.39, 0.29) is 11.7 Å². The lowest BCUT2D eigenvalue weighted by molar-refractivity contribution is -0.123. The second kappa shape index (κ2) is 7.22. The first-order valence-electron chi connectivity index (χ1n) is 8.91. The third-order valence-corrected chi connectivity index (χ3v) is 6.48. The highest BCUT2D eigenvalue weighted by Gasteiger charge is 2.29. The smallest absolute Gasteiger partial charge is 0.252 e. The van der Waals surface area contributed by atoms with Crippen LogP contribution in [0.15, 0.2) is 59.8 Å². The van der Waals surface area contributed by atoms with Crippen molar-refractivity contribution in [3.05, 3.63) is 71.0 Å². The fourth-order valence-electron chi connectivity index (χ4n) is 3.54. The molecule has 5 heteroatoms. The minimum Gasteiger partial charge on any atom is -0.496 e. The number of allylic oxidation sites excluding steroid dienone is 1. The van der Waals surface area contributed by atoms with Gasteiger partial charge in [0.1, 0.15) is 5.75 Å². The summed E-state index contributed by atoms with van der Waals surface area (Å²) < 4.78 is 5.34. The Hall–Kier alpha value is -2.16. The average molecular weight is 366 g/mol. The highest BCUT2D eigenvalue weighted by Crippen LogP contribution is 2.45. The summed E-state index contributed by atoms with van der Waals surface area (Å²) in [6.45, 7) is 3.93. The molecule has 26 heavy (non-hydrogen) atoms. The summed E-state index contributed by atoms with van der Waals surface area (Å²) in [6.07, 6.45) is 11.5. The lowest BCUT2D eigenvalue weighted by atomic mass is 10.0. The first-order valence-corrected chi connectivity index (χ1v) is 9.99. The zero-order chi connectivity index (χ0) is 18.1. The van der Waals surface area contributed by atoms with Crippen LogP contribution in [0.3, 0.4) is 0 Å². The van der Waals surface area contributed by atoms with E-state index in [0.717, 1.165) is 47.3 Å². The Bertz CT molecular complexity index is 867. The van der Waals surface area contributed by atoms with Gasteiger partial charge in [-0.1, -0.05) is 32.9 Å². The fourth-order valence-corrected chi connectivity index (χ4v) is 4.93. The average Bonchev–Trinajstić information content (AvgIpc) is 2.68. The second-order valence-electron chi connectivity index (χ2n) is 6.72. The van der Waals surface area contributed by atoms with Crippen molar-refractivity contribution in [1.29, 1.82) is 0 Å². The van der Waals surface area contributed by atoms with Crippen molar-refractivity contribution in [1.82, 2.24) is 10.2 Å². The fraction of sp³-hybridized carbons (Fsp3) is 0.286. The molecule has 0 fully saturated rings. The number of ether oxygens (including phenoxy) is 1. The summed E-state index contributed by atoms with van der Waals surface area (Å²) >= 11 is 0. The van der Waals surface area contributed by atoms with Crippen molar-refractivity contribution < 1.29 is 9.53 Å². The number of amides is 1. The number of hydrogen-bond donors (Lipinski definition) is 1. The Labute approximate surface area is 156 Å². The van der Waals surface area contributed by atoms with Gasteiger partial charge in [-0.05, 0) is 59.6 Å². The summed E-state index contributed by atoms with van der Waals surface area (Å²) in [5.41, 5.74) is 4.62. The van der Waals surface area contributed by atoms with Crippen molar-refractivity contribution in [2.75, 3.05) is 20.2 Å². The van der Waals surface area contributed by atoms with Gasteiger partial charge in [-0.15, -0.1) is 0 Å². The molecule has 3 aliphatic rings. The van der Waals surface area contributed by atoms with E-state index in [0.29, 0.717) is 8.58 Å². The van der Waals surface area contributed by atoms with E-state index in [1.165, 1.54) is 5.57 Å². The van der Waals surface area contributed by atoms with E-state index in [1.807, 2.05) is 30.2 Å². The number of hydrogen-bond acceptors (Lipinski definition) is 3. The molecule has 1 N–H and O–H groups in total. The topological polar surface area (TPSA) is 41.6 Å². The van der Waals surface area contributed by atoms with Gasteiger partial charge >= 0.3 is 0 Å². The predicted molar refractivity (Wildman–Crippen MR) is 107 cm³/mol. The summed E-state index contributed by atoms with van der Waals surface area (Å²) in [5, 5.41) is 4.50. The molecule has 3 heterocycles. The lowest BCUT2D eigenvalue weighted by Gasteiger charge is -2.34. The molecular weight excluding hydrogens is 343 g/mol. The highest BCUT2D eigenvalue weighted by atomic mass is 31.1. The zero-order valence-electron chi connectivity index (χ0n) is 15.1. The number of benzene rings is 1. The molecule has 2 atom stereocenters. The molecule has 0 saturated carbocycles. The molecule has 0 saturated heterocycles. The van der Waals surface area contributed by atoms with Crippen molar-refractivity contribution in [2.45, 2.75) is 19.1 Å².